The SMILES string of the molecule is CNC1CCN(C(=O)CNC(=O)CC2CCCCC2)CC1.Cl. The molecule has 0 spiro atoms. The third-order valence-electron chi connectivity index (χ3n) is 4.89. The molecular weight excluding hydrogens is 302 g/mol. The number of nitrogens with one attached hydrogen (secondary N) is 2. The first-order valence-corrected chi connectivity index (χ1v) is 8.40. The second-order valence-corrected chi connectivity index (χ2v) is 6.43. The van der Waals surface area contributed by atoms with Gasteiger partial charge in [0, 0.05) is 25.6 Å². The third-order valence-corrected chi connectivity index (χ3v) is 4.89. The summed E-state index contributed by atoms with van der Waals surface area (Å²) in [5, 5.41) is 6.06. The molecule has 2 fully saturated rings. The van der Waals surface area contributed by atoms with E-state index in [9.17, 15) is 9.59 Å². The lowest BCUT2D eigenvalue weighted by molar-refractivity contribution is -0.134. The van der Waals surface area contributed by atoms with Crippen molar-refractivity contribution in [2.45, 2.75) is 57.4 Å². The molecule has 1 aliphatic heterocycles. The van der Waals surface area contributed by atoms with E-state index in [0.29, 0.717) is 18.4 Å². The third kappa shape index (κ3) is 6.13. The number of piperidine rings is 1. The molecule has 2 rings (SSSR count). The molecule has 2 N–H and O–H groups in total. The molecule has 1 heterocycles. The number of hydrogen-bond acceptors (Lipinski definition) is 3. The minimum Gasteiger partial charge on any atom is -0.347 e. The fourth-order valence-electron chi connectivity index (χ4n) is 3.43. The number of rotatable bonds is 5. The van der Waals surface area contributed by atoms with Crippen molar-refractivity contribution >= 4 is 24.2 Å². The second-order valence-electron chi connectivity index (χ2n) is 6.43. The van der Waals surface area contributed by atoms with Gasteiger partial charge in [-0.15, -0.1) is 12.4 Å². The Hall–Kier alpha value is -0.810. The zero-order valence-corrected chi connectivity index (χ0v) is 14.4. The first-order valence-electron chi connectivity index (χ1n) is 8.40. The van der Waals surface area contributed by atoms with E-state index in [1.807, 2.05) is 11.9 Å². The highest BCUT2D eigenvalue weighted by Crippen LogP contribution is 2.25. The highest BCUT2D eigenvalue weighted by atomic mass is 35.5. The van der Waals surface area contributed by atoms with Crippen molar-refractivity contribution in [1.29, 1.82) is 0 Å². The molecule has 22 heavy (non-hydrogen) atoms. The summed E-state index contributed by atoms with van der Waals surface area (Å²) in [7, 11) is 1.97. The summed E-state index contributed by atoms with van der Waals surface area (Å²) in [6, 6.07) is 0.523. The molecular formula is C16H30ClN3O2. The van der Waals surface area contributed by atoms with E-state index in [1.165, 1.54) is 32.1 Å². The van der Waals surface area contributed by atoms with Gasteiger partial charge in [0.25, 0.3) is 0 Å². The van der Waals surface area contributed by atoms with E-state index >= 15 is 0 Å². The van der Waals surface area contributed by atoms with Gasteiger partial charge in [0.05, 0.1) is 6.54 Å². The molecule has 0 bridgehead atoms. The van der Waals surface area contributed by atoms with Crippen LogP contribution in [-0.2, 0) is 9.59 Å². The van der Waals surface area contributed by atoms with Crippen LogP contribution in [0.25, 0.3) is 0 Å². The topological polar surface area (TPSA) is 61.4 Å². The van der Waals surface area contributed by atoms with Gasteiger partial charge < -0.3 is 15.5 Å². The highest BCUT2D eigenvalue weighted by Gasteiger charge is 2.22. The van der Waals surface area contributed by atoms with Crippen molar-refractivity contribution in [2.24, 2.45) is 5.92 Å². The van der Waals surface area contributed by atoms with E-state index in [-0.39, 0.29) is 30.8 Å². The van der Waals surface area contributed by atoms with Crippen LogP contribution in [0.1, 0.15) is 51.4 Å². The van der Waals surface area contributed by atoms with E-state index in [0.717, 1.165) is 25.9 Å². The van der Waals surface area contributed by atoms with Crippen LogP contribution in [0, 0.1) is 5.92 Å². The largest absolute Gasteiger partial charge is 0.347 e. The molecule has 128 valence electrons. The van der Waals surface area contributed by atoms with Gasteiger partial charge in [0.2, 0.25) is 11.8 Å². The summed E-state index contributed by atoms with van der Waals surface area (Å²) in [4.78, 5) is 25.9. The van der Waals surface area contributed by atoms with Crippen molar-refractivity contribution in [3.05, 3.63) is 0 Å². The Balaban J connectivity index is 0.00000242. The van der Waals surface area contributed by atoms with Gasteiger partial charge in [-0.25, -0.2) is 0 Å². The Morgan fingerprint density at radius 3 is 2.27 bits per heavy atom. The maximum Gasteiger partial charge on any atom is 0.241 e. The number of carbonyl (C=O) groups excluding carboxylic acids is 2. The molecule has 1 saturated heterocycles. The van der Waals surface area contributed by atoms with Crippen LogP contribution in [0.4, 0.5) is 0 Å². The Morgan fingerprint density at radius 2 is 1.68 bits per heavy atom. The predicted octanol–water partition coefficient (Wildman–Crippen LogP) is 1.71. The van der Waals surface area contributed by atoms with Crippen molar-refractivity contribution in [3.63, 3.8) is 0 Å². The Bertz CT molecular complexity index is 351. The summed E-state index contributed by atoms with van der Waals surface area (Å²) in [5.74, 6) is 0.627. The van der Waals surface area contributed by atoms with E-state index in [1.54, 1.807) is 0 Å². The van der Waals surface area contributed by atoms with Gasteiger partial charge >= 0.3 is 0 Å². The lowest BCUT2D eigenvalue weighted by atomic mass is 9.87. The van der Waals surface area contributed by atoms with Crippen molar-refractivity contribution in [1.82, 2.24) is 15.5 Å². The highest BCUT2D eigenvalue weighted by molar-refractivity contribution is 5.85. The fraction of sp³-hybridized carbons (Fsp3) is 0.875. The molecule has 5 nitrogen and oxygen atoms in total. The van der Waals surface area contributed by atoms with Gasteiger partial charge in [-0.2, -0.15) is 0 Å². The molecule has 1 aliphatic carbocycles. The fourth-order valence-corrected chi connectivity index (χ4v) is 3.43. The predicted molar refractivity (Wildman–Crippen MR) is 90.1 cm³/mol. The average Bonchev–Trinajstić information content (AvgIpc) is 2.53. The van der Waals surface area contributed by atoms with E-state index in [2.05, 4.69) is 10.6 Å². The summed E-state index contributed by atoms with van der Waals surface area (Å²) >= 11 is 0. The minimum absolute atomic E-state index is 0. The standard InChI is InChI=1S/C16H29N3O2.ClH/c1-17-14-7-9-19(10-8-14)16(21)12-18-15(20)11-13-5-3-2-4-6-13;/h13-14,17H,2-12H2,1H3,(H,18,20);1H. The van der Waals surface area contributed by atoms with Crippen molar-refractivity contribution in [3.8, 4) is 0 Å². The Morgan fingerprint density at radius 1 is 1.05 bits per heavy atom. The molecule has 0 aromatic carbocycles. The van der Waals surface area contributed by atoms with Gasteiger partial charge in [0.1, 0.15) is 0 Å². The molecule has 0 aromatic rings. The summed E-state index contributed by atoms with van der Waals surface area (Å²) in [6.07, 6.45) is 8.72. The number of likely N-dealkylation sites (tertiary alicyclic amines) is 1. The minimum atomic E-state index is 0. The molecule has 0 radical (unpaired) electrons. The Labute approximate surface area is 140 Å². The van der Waals surface area contributed by atoms with E-state index < -0.39 is 0 Å². The van der Waals surface area contributed by atoms with Crippen LogP contribution >= 0.6 is 12.4 Å². The summed E-state index contributed by atoms with van der Waals surface area (Å²) in [5.41, 5.74) is 0. The molecule has 2 aliphatic rings. The maximum atomic E-state index is 12.1. The van der Waals surface area contributed by atoms with Crippen LogP contribution in [0.2, 0.25) is 0 Å². The zero-order valence-electron chi connectivity index (χ0n) is 13.6. The lowest BCUT2D eigenvalue weighted by Crippen LogP contribution is -2.47. The monoisotopic (exact) mass is 331 g/mol. The van der Waals surface area contributed by atoms with Crippen molar-refractivity contribution in [2.75, 3.05) is 26.7 Å². The van der Waals surface area contributed by atoms with Crippen LogP contribution < -0.4 is 10.6 Å². The smallest absolute Gasteiger partial charge is 0.241 e. The van der Waals surface area contributed by atoms with Crippen LogP contribution in [0.5, 0.6) is 0 Å². The van der Waals surface area contributed by atoms with Crippen LogP contribution in [0.3, 0.4) is 0 Å². The van der Waals surface area contributed by atoms with Crippen molar-refractivity contribution < 1.29 is 9.59 Å². The maximum absolute atomic E-state index is 12.1. The van der Waals surface area contributed by atoms with E-state index in [4.69, 9.17) is 0 Å². The summed E-state index contributed by atoms with van der Waals surface area (Å²) < 4.78 is 0. The first-order chi connectivity index (χ1) is 10.2. The van der Waals surface area contributed by atoms with Gasteiger partial charge in [-0.3, -0.25) is 9.59 Å². The zero-order chi connectivity index (χ0) is 15.1. The van der Waals surface area contributed by atoms with Crippen LogP contribution in [0.15, 0.2) is 0 Å². The molecule has 0 aromatic heterocycles. The number of carbonyl (C=O) groups is 2. The molecule has 0 unspecified atom stereocenters. The number of nitrogens with zero attached hydrogens (tertiary/aromatic N) is 1. The lowest BCUT2D eigenvalue weighted by Gasteiger charge is -2.32. The normalized spacial score (nSPS) is 20.3. The van der Waals surface area contributed by atoms with Gasteiger partial charge in [-0.05, 0) is 38.6 Å². The molecule has 6 heteroatoms. The summed E-state index contributed by atoms with van der Waals surface area (Å²) in [6.45, 7) is 1.75. The average molecular weight is 332 g/mol. The quantitative estimate of drug-likeness (QED) is 0.806. The Kier molecular flexibility index (Phi) is 8.79. The first kappa shape index (κ1) is 19.2. The molecule has 0 atom stereocenters. The van der Waals surface area contributed by atoms with Gasteiger partial charge in [0.15, 0.2) is 0 Å². The molecule has 2 amide bonds. The second kappa shape index (κ2) is 10.1. The molecule has 1 saturated carbocycles. The number of hydrogen-bond donors (Lipinski definition) is 2. The number of amides is 2. The number of halogens is 1. The van der Waals surface area contributed by atoms with Crippen LogP contribution in [-0.4, -0.2) is 49.4 Å². The van der Waals surface area contributed by atoms with Gasteiger partial charge in [-0.1, -0.05) is 19.3 Å².